The number of amides is 1. The van der Waals surface area contributed by atoms with E-state index in [2.05, 4.69) is 10.3 Å². The molecule has 1 N–H and O–H groups in total. The maximum absolute atomic E-state index is 12.3. The highest BCUT2D eigenvalue weighted by molar-refractivity contribution is 7.21. The molecule has 1 aliphatic heterocycles. The molecule has 0 saturated carbocycles. The molecule has 0 unspecified atom stereocenters. The highest BCUT2D eigenvalue weighted by Gasteiger charge is 2.27. The predicted octanol–water partition coefficient (Wildman–Crippen LogP) is 5.18. The summed E-state index contributed by atoms with van der Waals surface area (Å²) in [6, 6.07) is 8.19. The molecule has 31 heavy (non-hydrogen) atoms. The summed E-state index contributed by atoms with van der Waals surface area (Å²) in [5.41, 5.74) is 2.44. The molecule has 1 fully saturated rings. The zero-order valence-electron chi connectivity index (χ0n) is 18.3. The summed E-state index contributed by atoms with van der Waals surface area (Å²) in [7, 11) is 1.66. The molecule has 1 amide bonds. The lowest BCUT2D eigenvalue weighted by Gasteiger charge is -2.34. The van der Waals surface area contributed by atoms with Crippen molar-refractivity contribution in [1.29, 1.82) is 0 Å². The molecule has 2 aromatic heterocycles. The first-order valence-electron chi connectivity index (χ1n) is 10.5. The highest BCUT2D eigenvalue weighted by atomic mass is 32.1. The molecule has 8 heteroatoms. The fraction of sp³-hybridized carbons (Fsp3) is 0.435. The minimum Gasteiger partial charge on any atom is -0.497 e. The number of anilines is 1. The van der Waals surface area contributed by atoms with Gasteiger partial charge in [0.1, 0.15) is 16.4 Å². The molecule has 1 saturated heterocycles. The Morgan fingerprint density at radius 2 is 2.00 bits per heavy atom. The molecule has 1 aromatic carbocycles. The van der Waals surface area contributed by atoms with E-state index in [0.717, 1.165) is 45.1 Å². The number of carbonyl (C=O) groups is 1. The van der Waals surface area contributed by atoms with Gasteiger partial charge >= 0.3 is 6.09 Å². The summed E-state index contributed by atoms with van der Waals surface area (Å²) in [5.74, 6) is 0.797. The number of likely N-dealkylation sites (tertiary alicyclic amines) is 1. The van der Waals surface area contributed by atoms with Crippen molar-refractivity contribution in [1.82, 2.24) is 14.9 Å². The number of fused-ring (bicyclic) bond motifs is 1. The molecule has 164 valence electrons. The van der Waals surface area contributed by atoms with Gasteiger partial charge in [0, 0.05) is 43.3 Å². The first-order valence-corrected chi connectivity index (χ1v) is 11.3. The van der Waals surface area contributed by atoms with E-state index in [1.165, 1.54) is 0 Å². The highest BCUT2D eigenvalue weighted by Crippen LogP contribution is 2.36. The molecule has 0 spiro atoms. The second-order valence-electron chi connectivity index (χ2n) is 8.66. The van der Waals surface area contributed by atoms with Gasteiger partial charge in [-0.25, -0.2) is 9.78 Å². The number of piperidine rings is 1. The Labute approximate surface area is 186 Å². The third kappa shape index (κ3) is 5.07. The SMILES string of the molecule is COc1ccc2sc(-c3cnccc3NC3CCN(C(=O)OC(C)(C)C)CC3)nc2c1. The van der Waals surface area contributed by atoms with Crippen LogP contribution in [0.25, 0.3) is 20.8 Å². The topological polar surface area (TPSA) is 76.6 Å². The number of carbonyl (C=O) groups excluding carboxylic acids is 1. The van der Waals surface area contributed by atoms with Crippen molar-refractivity contribution in [2.75, 3.05) is 25.5 Å². The van der Waals surface area contributed by atoms with E-state index in [-0.39, 0.29) is 12.1 Å². The van der Waals surface area contributed by atoms with E-state index in [1.807, 2.05) is 51.2 Å². The number of hydrogen-bond donors (Lipinski definition) is 1. The Morgan fingerprint density at radius 3 is 2.71 bits per heavy atom. The maximum Gasteiger partial charge on any atom is 0.410 e. The van der Waals surface area contributed by atoms with Gasteiger partial charge in [0.05, 0.1) is 22.9 Å². The van der Waals surface area contributed by atoms with Crippen molar-refractivity contribution in [3.05, 3.63) is 36.7 Å². The van der Waals surface area contributed by atoms with Gasteiger partial charge in [-0.15, -0.1) is 11.3 Å². The number of rotatable bonds is 4. The smallest absolute Gasteiger partial charge is 0.410 e. The summed E-state index contributed by atoms with van der Waals surface area (Å²) < 4.78 is 11.9. The molecule has 3 aromatic rings. The number of benzene rings is 1. The quantitative estimate of drug-likeness (QED) is 0.602. The fourth-order valence-electron chi connectivity index (χ4n) is 3.59. The van der Waals surface area contributed by atoms with Gasteiger partial charge in [-0.1, -0.05) is 0 Å². The Kier molecular flexibility index (Phi) is 6.00. The standard InChI is InChI=1S/C23H28N4O3S/c1-23(2,3)30-22(28)27-11-8-15(9-12-27)25-18-7-10-24-14-17(18)21-26-19-13-16(29-4)5-6-20(19)31-21/h5-7,10,13-15H,8-9,11-12H2,1-4H3,(H,24,25). The Bertz CT molecular complexity index is 1070. The van der Waals surface area contributed by atoms with Crippen molar-refractivity contribution in [3.8, 4) is 16.3 Å². The normalized spacial score (nSPS) is 15.2. The van der Waals surface area contributed by atoms with Crippen LogP contribution in [-0.4, -0.2) is 52.8 Å². The zero-order chi connectivity index (χ0) is 22.0. The van der Waals surface area contributed by atoms with Crippen LogP contribution in [0.4, 0.5) is 10.5 Å². The number of aromatic nitrogens is 2. The molecule has 0 radical (unpaired) electrons. The van der Waals surface area contributed by atoms with Crippen LogP contribution >= 0.6 is 11.3 Å². The lowest BCUT2D eigenvalue weighted by atomic mass is 10.0. The van der Waals surface area contributed by atoms with Gasteiger partial charge in [-0.3, -0.25) is 4.98 Å². The lowest BCUT2D eigenvalue weighted by Crippen LogP contribution is -2.44. The second-order valence-corrected chi connectivity index (χ2v) is 9.69. The number of ether oxygens (including phenoxy) is 2. The average Bonchev–Trinajstić information content (AvgIpc) is 3.16. The molecular formula is C23H28N4O3S. The largest absolute Gasteiger partial charge is 0.497 e. The summed E-state index contributed by atoms with van der Waals surface area (Å²) in [4.78, 5) is 23.2. The van der Waals surface area contributed by atoms with E-state index >= 15 is 0 Å². The van der Waals surface area contributed by atoms with E-state index in [4.69, 9.17) is 14.5 Å². The van der Waals surface area contributed by atoms with Crippen LogP contribution in [0, 0.1) is 0 Å². The van der Waals surface area contributed by atoms with Crippen LogP contribution in [0.5, 0.6) is 5.75 Å². The van der Waals surface area contributed by atoms with E-state index < -0.39 is 5.60 Å². The van der Waals surface area contributed by atoms with Gasteiger partial charge in [-0.05, 0) is 51.8 Å². The molecule has 3 heterocycles. The summed E-state index contributed by atoms with van der Waals surface area (Å²) in [6.45, 7) is 7.02. The number of pyridine rings is 1. The van der Waals surface area contributed by atoms with Crippen molar-refractivity contribution in [2.24, 2.45) is 0 Å². The van der Waals surface area contributed by atoms with Crippen LogP contribution in [0.3, 0.4) is 0 Å². The van der Waals surface area contributed by atoms with E-state index in [9.17, 15) is 4.79 Å². The van der Waals surface area contributed by atoms with E-state index in [1.54, 1.807) is 29.5 Å². The monoisotopic (exact) mass is 440 g/mol. The maximum atomic E-state index is 12.3. The summed E-state index contributed by atoms with van der Waals surface area (Å²) in [5, 5.41) is 4.57. The van der Waals surface area contributed by atoms with Gasteiger partial charge in [-0.2, -0.15) is 0 Å². The number of hydrogen-bond acceptors (Lipinski definition) is 7. The van der Waals surface area contributed by atoms with Gasteiger partial charge < -0.3 is 19.7 Å². The van der Waals surface area contributed by atoms with Crippen molar-refractivity contribution < 1.29 is 14.3 Å². The van der Waals surface area contributed by atoms with Crippen molar-refractivity contribution in [2.45, 2.75) is 45.3 Å². The molecule has 1 aliphatic rings. The molecule has 0 atom stereocenters. The Balaban J connectivity index is 1.46. The number of thiazole rings is 1. The number of methoxy groups -OCH3 is 1. The predicted molar refractivity (Wildman–Crippen MR) is 124 cm³/mol. The third-order valence-corrected chi connectivity index (χ3v) is 6.22. The first-order chi connectivity index (χ1) is 14.8. The van der Waals surface area contributed by atoms with Crippen molar-refractivity contribution in [3.63, 3.8) is 0 Å². The Morgan fingerprint density at radius 1 is 1.23 bits per heavy atom. The number of nitrogens with one attached hydrogen (secondary N) is 1. The van der Waals surface area contributed by atoms with Gasteiger partial charge in [0.2, 0.25) is 0 Å². The van der Waals surface area contributed by atoms with Crippen LogP contribution < -0.4 is 10.1 Å². The third-order valence-electron chi connectivity index (χ3n) is 5.15. The molecule has 0 aliphatic carbocycles. The fourth-order valence-corrected chi connectivity index (χ4v) is 4.56. The van der Waals surface area contributed by atoms with Gasteiger partial charge in [0.15, 0.2) is 0 Å². The molecular weight excluding hydrogens is 412 g/mol. The molecule has 4 rings (SSSR count). The lowest BCUT2D eigenvalue weighted by molar-refractivity contribution is 0.0210. The summed E-state index contributed by atoms with van der Waals surface area (Å²) >= 11 is 1.64. The minimum atomic E-state index is -0.473. The zero-order valence-corrected chi connectivity index (χ0v) is 19.2. The van der Waals surface area contributed by atoms with Crippen LogP contribution in [0.1, 0.15) is 33.6 Å². The first kappa shape index (κ1) is 21.4. The number of nitrogens with zero attached hydrogens (tertiary/aromatic N) is 3. The minimum absolute atomic E-state index is 0.236. The Hall–Kier alpha value is -2.87. The second kappa shape index (κ2) is 8.70. The van der Waals surface area contributed by atoms with E-state index in [0.29, 0.717) is 13.1 Å². The van der Waals surface area contributed by atoms with Gasteiger partial charge in [0.25, 0.3) is 0 Å². The van der Waals surface area contributed by atoms with Crippen molar-refractivity contribution >= 4 is 33.3 Å². The van der Waals surface area contributed by atoms with Crippen LogP contribution in [-0.2, 0) is 4.74 Å². The van der Waals surface area contributed by atoms with Crippen LogP contribution in [0.15, 0.2) is 36.7 Å². The molecule has 7 nitrogen and oxygen atoms in total. The summed E-state index contributed by atoms with van der Waals surface area (Å²) in [6.07, 6.45) is 5.13. The van der Waals surface area contributed by atoms with Crippen LogP contribution in [0.2, 0.25) is 0 Å². The molecule has 0 bridgehead atoms. The average molecular weight is 441 g/mol.